The lowest BCUT2D eigenvalue weighted by Crippen LogP contribution is -2.03. The van der Waals surface area contributed by atoms with E-state index in [4.69, 9.17) is 5.73 Å². The van der Waals surface area contributed by atoms with Crippen molar-refractivity contribution in [2.45, 2.75) is 6.92 Å². The number of aryl methyl sites for hydroxylation is 1. The van der Waals surface area contributed by atoms with Gasteiger partial charge in [0.15, 0.2) is 5.82 Å². The van der Waals surface area contributed by atoms with Crippen molar-refractivity contribution >= 4 is 32.8 Å². The molecule has 6 heteroatoms. The summed E-state index contributed by atoms with van der Waals surface area (Å²) in [7, 11) is 0. The number of nitrogens with two attached hydrogens (primary N) is 1. The van der Waals surface area contributed by atoms with Crippen LogP contribution >= 0.6 is 15.9 Å². The average molecular weight is 304 g/mol. The number of rotatable bonds is 1. The highest BCUT2D eigenvalue weighted by Gasteiger charge is 2.11. The van der Waals surface area contributed by atoms with Gasteiger partial charge >= 0.3 is 0 Å². The minimum Gasteiger partial charge on any atom is -0.366 e. The van der Waals surface area contributed by atoms with Gasteiger partial charge in [-0.3, -0.25) is 0 Å². The zero-order valence-corrected chi connectivity index (χ0v) is 11.2. The molecule has 0 spiro atoms. The second-order valence-electron chi connectivity index (χ2n) is 3.97. The summed E-state index contributed by atoms with van der Waals surface area (Å²) >= 11 is 3.32. The van der Waals surface area contributed by atoms with E-state index in [9.17, 15) is 0 Å². The number of pyridine rings is 1. The van der Waals surface area contributed by atoms with Crippen molar-refractivity contribution in [3.63, 3.8) is 0 Å². The number of nitrogen functional groups attached to an aromatic ring is 1. The van der Waals surface area contributed by atoms with Crippen molar-refractivity contribution in [3.8, 4) is 5.82 Å². The Kier molecular flexibility index (Phi) is 2.52. The summed E-state index contributed by atoms with van der Waals surface area (Å²) in [5.74, 6) is 0.945. The first-order valence-electron chi connectivity index (χ1n) is 5.40. The summed E-state index contributed by atoms with van der Waals surface area (Å²) in [4.78, 5) is 8.61. The van der Waals surface area contributed by atoms with Crippen LogP contribution in [-0.4, -0.2) is 19.7 Å². The van der Waals surface area contributed by atoms with Crippen molar-refractivity contribution in [2.24, 2.45) is 0 Å². The molecule has 18 heavy (non-hydrogen) atoms. The SMILES string of the molecule is Cc1cc2ccccc2nc1-n1nc(N)nc1Br. The van der Waals surface area contributed by atoms with Crippen LogP contribution in [0.5, 0.6) is 0 Å². The molecular formula is C12H10BrN5. The molecule has 5 nitrogen and oxygen atoms in total. The molecule has 0 aliphatic carbocycles. The van der Waals surface area contributed by atoms with Crippen molar-refractivity contribution in [1.29, 1.82) is 0 Å². The molecule has 0 aliphatic heterocycles. The van der Waals surface area contributed by atoms with E-state index in [1.807, 2.05) is 31.2 Å². The largest absolute Gasteiger partial charge is 0.366 e. The quantitative estimate of drug-likeness (QED) is 0.750. The molecule has 0 atom stereocenters. The molecule has 2 N–H and O–H groups in total. The van der Waals surface area contributed by atoms with Gasteiger partial charge in [-0.25, -0.2) is 4.98 Å². The highest BCUT2D eigenvalue weighted by molar-refractivity contribution is 9.10. The number of anilines is 1. The summed E-state index contributed by atoms with van der Waals surface area (Å²) < 4.78 is 2.14. The smallest absolute Gasteiger partial charge is 0.240 e. The molecule has 0 saturated heterocycles. The topological polar surface area (TPSA) is 69.6 Å². The molecule has 0 aliphatic rings. The summed E-state index contributed by atoms with van der Waals surface area (Å²) in [6, 6.07) is 10.0. The highest BCUT2D eigenvalue weighted by atomic mass is 79.9. The third-order valence-corrected chi connectivity index (χ3v) is 3.19. The minimum atomic E-state index is 0.219. The number of benzene rings is 1. The Morgan fingerprint density at radius 1 is 1.22 bits per heavy atom. The molecule has 3 rings (SSSR count). The minimum absolute atomic E-state index is 0.219. The molecule has 2 aromatic heterocycles. The molecule has 0 unspecified atom stereocenters. The maximum Gasteiger partial charge on any atom is 0.240 e. The second-order valence-corrected chi connectivity index (χ2v) is 4.68. The van der Waals surface area contributed by atoms with Gasteiger partial charge in [-0.05, 0) is 40.5 Å². The van der Waals surface area contributed by atoms with E-state index >= 15 is 0 Å². The number of hydrogen-bond donors (Lipinski definition) is 1. The van der Waals surface area contributed by atoms with Crippen LogP contribution in [0.25, 0.3) is 16.7 Å². The Labute approximate surface area is 112 Å². The first kappa shape index (κ1) is 11.2. The van der Waals surface area contributed by atoms with E-state index in [1.54, 1.807) is 4.68 Å². The fourth-order valence-corrected chi connectivity index (χ4v) is 2.30. The molecule has 0 bridgehead atoms. The maximum absolute atomic E-state index is 5.58. The van der Waals surface area contributed by atoms with E-state index in [1.165, 1.54) is 0 Å². The van der Waals surface area contributed by atoms with Gasteiger partial charge in [-0.1, -0.05) is 18.2 Å². The molecule has 0 radical (unpaired) electrons. The lowest BCUT2D eigenvalue weighted by atomic mass is 10.1. The Hall–Kier alpha value is -1.95. The summed E-state index contributed by atoms with van der Waals surface area (Å²) in [6.45, 7) is 1.99. The fourth-order valence-electron chi connectivity index (χ4n) is 1.87. The predicted octanol–water partition coefficient (Wildman–Crippen LogP) is 2.47. The van der Waals surface area contributed by atoms with Crippen LogP contribution in [0.15, 0.2) is 35.1 Å². The van der Waals surface area contributed by atoms with E-state index in [0.717, 1.165) is 22.3 Å². The molecular weight excluding hydrogens is 294 g/mol. The lowest BCUT2D eigenvalue weighted by Gasteiger charge is -2.07. The van der Waals surface area contributed by atoms with Crippen LogP contribution in [0.3, 0.4) is 0 Å². The normalized spacial score (nSPS) is 11.0. The molecule has 0 fully saturated rings. The van der Waals surface area contributed by atoms with Gasteiger partial charge < -0.3 is 5.73 Å². The van der Waals surface area contributed by atoms with Gasteiger partial charge in [0.1, 0.15) is 0 Å². The zero-order chi connectivity index (χ0) is 12.7. The van der Waals surface area contributed by atoms with Gasteiger partial charge in [0.25, 0.3) is 0 Å². The molecule has 3 aromatic rings. The third kappa shape index (κ3) is 1.74. The number of para-hydroxylation sites is 1. The highest BCUT2D eigenvalue weighted by Crippen LogP contribution is 2.21. The van der Waals surface area contributed by atoms with Crippen LogP contribution in [-0.2, 0) is 0 Å². The van der Waals surface area contributed by atoms with Crippen molar-refractivity contribution in [2.75, 3.05) is 5.73 Å². The number of nitrogens with zero attached hydrogens (tertiary/aromatic N) is 4. The van der Waals surface area contributed by atoms with Crippen LogP contribution in [0.1, 0.15) is 5.56 Å². The number of halogens is 1. The molecule has 0 amide bonds. The molecule has 1 aromatic carbocycles. The summed E-state index contributed by atoms with van der Waals surface area (Å²) in [5, 5.41) is 5.22. The van der Waals surface area contributed by atoms with Gasteiger partial charge in [0.2, 0.25) is 10.7 Å². The predicted molar refractivity (Wildman–Crippen MR) is 73.5 cm³/mol. The van der Waals surface area contributed by atoms with Crippen molar-refractivity contribution in [3.05, 3.63) is 40.6 Å². The Balaban J connectivity index is 2.29. The number of aromatic nitrogens is 4. The van der Waals surface area contributed by atoms with Crippen LogP contribution in [0.4, 0.5) is 5.95 Å². The second kappa shape index (κ2) is 4.06. The summed E-state index contributed by atoms with van der Waals surface area (Å²) in [6.07, 6.45) is 0. The summed E-state index contributed by atoms with van der Waals surface area (Å²) in [5.41, 5.74) is 7.51. The lowest BCUT2D eigenvalue weighted by molar-refractivity contribution is 0.825. The van der Waals surface area contributed by atoms with E-state index in [-0.39, 0.29) is 5.95 Å². The van der Waals surface area contributed by atoms with Crippen LogP contribution in [0.2, 0.25) is 0 Å². The Morgan fingerprint density at radius 3 is 2.72 bits per heavy atom. The first-order valence-corrected chi connectivity index (χ1v) is 6.19. The van der Waals surface area contributed by atoms with E-state index < -0.39 is 0 Å². The van der Waals surface area contributed by atoms with Crippen LogP contribution in [0, 0.1) is 6.92 Å². The van der Waals surface area contributed by atoms with E-state index in [2.05, 4.69) is 37.1 Å². The van der Waals surface area contributed by atoms with Crippen molar-refractivity contribution < 1.29 is 0 Å². The standard InChI is InChI=1S/C12H10BrN5/c1-7-6-8-4-2-3-5-9(8)15-10(7)18-11(13)16-12(14)17-18/h2-6H,1H3,(H2,14,17). The molecule has 2 heterocycles. The molecule has 90 valence electrons. The number of hydrogen-bond acceptors (Lipinski definition) is 4. The zero-order valence-electron chi connectivity index (χ0n) is 9.63. The Bertz CT molecular complexity index is 734. The molecule has 0 saturated carbocycles. The fraction of sp³-hybridized carbons (Fsp3) is 0.0833. The maximum atomic E-state index is 5.58. The van der Waals surface area contributed by atoms with Gasteiger partial charge in [-0.15, -0.1) is 5.10 Å². The van der Waals surface area contributed by atoms with Gasteiger partial charge in [0.05, 0.1) is 5.52 Å². The van der Waals surface area contributed by atoms with Gasteiger partial charge in [0, 0.05) is 5.39 Å². The van der Waals surface area contributed by atoms with E-state index in [0.29, 0.717) is 4.73 Å². The Morgan fingerprint density at radius 2 is 2.00 bits per heavy atom. The van der Waals surface area contributed by atoms with Crippen molar-refractivity contribution in [1.82, 2.24) is 19.7 Å². The van der Waals surface area contributed by atoms with Gasteiger partial charge in [-0.2, -0.15) is 9.67 Å². The van der Waals surface area contributed by atoms with Crippen LogP contribution < -0.4 is 5.73 Å². The number of fused-ring (bicyclic) bond motifs is 1. The average Bonchev–Trinajstić information content (AvgIpc) is 2.67. The monoisotopic (exact) mass is 303 g/mol. The third-order valence-electron chi connectivity index (χ3n) is 2.67. The first-order chi connectivity index (χ1) is 8.65.